The summed E-state index contributed by atoms with van der Waals surface area (Å²) in [5.41, 5.74) is 7.44. The molecule has 0 radical (unpaired) electrons. The van der Waals surface area contributed by atoms with Gasteiger partial charge in [-0.1, -0.05) is 18.3 Å². The van der Waals surface area contributed by atoms with Gasteiger partial charge < -0.3 is 15.5 Å². The first-order valence-electron chi connectivity index (χ1n) is 6.91. The van der Waals surface area contributed by atoms with E-state index in [0.29, 0.717) is 10.7 Å². The maximum atomic E-state index is 5.64. The Balaban J connectivity index is 1.68. The number of nitrogens with two attached hydrogens (primary N) is 1. The molecule has 2 aromatic rings. The Labute approximate surface area is 129 Å². The molecular formula is C15H17N5S. The molecule has 21 heavy (non-hydrogen) atoms. The van der Waals surface area contributed by atoms with E-state index in [1.807, 2.05) is 36.5 Å². The summed E-state index contributed by atoms with van der Waals surface area (Å²) in [5, 5.41) is 0. The molecule has 0 amide bonds. The average Bonchev–Trinajstić information content (AvgIpc) is 2.56. The van der Waals surface area contributed by atoms with Crippen LogP contribution in [0.15, 0.2) is 42.7 Å². The molecule has 0 aliphatic carbocycles. The minimum Gasteiger partial charge on any atom is -0.388 e. The molecule has 5 nitrogen and oxygen atoms in total. The van der Waals surface area contributed by atoms with Crippen LogP contribution in [0.4, 0.5) is 11.5 Å². The Morgan fingerprint density at radius 1 is 1.00 bits per heavy atom. The molecule has 3 rings (SSSR count). The van der Waals surface area contributed by atoms with Crippen LogP contribution in [-0.2, 0) is 0 Å². The van der Waals surface area contributed by atoms with Crippen LogP contribution in [0.3, 0.4) is 0 Å². The van der Waals surface area contributed by atoms with Gasteiger partial charge in [-0.05, 0) is 24.3 Å². The van der Waals surface area contributed by atoms with Crippen molar-refractivity contribution in [1.29, 1.82) is 0 Å². The monoisotopic (exact) mass is 299 g/mol. The minimum atomic E-state index is 0.337. The van der Waals surface area contributed by atoms with Crippen molar-refractivity contribution in [2.24, 2.45) is 5.73 Å². The Bertz CT molecular complexity index is 623. The summed E-state index contributed by atoms with van der Waals surface area (Å²) >= 11 is 4.99. The van der Waals surface area contributed by atoms with Gasteiger partial charge in [0, 0.05) is 44.3 Å². The first-order valence-corrected chi connectivity index (χ1v) is 7.31. The van der Waals surface area contributed by atoms with Crippen molar-refractivity contribution in [2.75, 3.05) is 36.0 Å². The van der Waals surface area contributed by atoms with Gasteiger partial charge in [-0.2, -0.15) is 0 Å². The van der Waals surface area contributed by atoms with Crippen LogP contribution in [0.25, 0.3) is 0 Å². The largest absolute Gasteiger partial charge is 0.388 e. The van der Waals surface area contributed by atoms with Crippen molar-refractivity contribution in [3.05, 3.63) is 48.4 Å². The van der Waals surface area contributed by atoms with Gasteiger partial charge in [0.25, 0.3) is 0 Å². The Hall–Kier alpha value is -2.21. The lowest BCUT2D eigenvalue weighted by Crippen LogP contribution is -2.46. The second-order valence-electron chi connectivity index (χ2n) is 4.93. The Morgan fingerprint density at radius 2 is 1.76 bits per heavy atom. The van der Waals surface area contributed by atoms with Gasteiger partial charge in [-0.15, -0.1) is 0 Å². The third-order valence-corrected chi connectivity index (χ3v) is 3.82. The zero-order valence-corrected chi connectivity index (χ0v) is 12.5. The SMILES string of the molecule is NC(=S)c1cc(N2CCN(c3ccccn3)CC2)ccn1. The second kappa shape index (κ2) is 6.05. The van der Waals surface area contributed by atoms with Crippen molar-refractivity contribution in [3.8, 4) is 0 Å². The molecule has 1 fully saturated rings. The summed E-state index contributed by atoms with van der Waals surface area (Å²) in [5.74, 6) is 1.04. The highest BCUT2D eigenvalue weighted by Crippen LogP contribution is 2.19. The summed E-state index contributed by atoms with van der Waals surface area (Å²) in [7, 11) is 0. The van der Waals surface area contributed by atoms with Crippen molar-refractivity contribution in [1.82, 2.24) is 9.97 Å². The minimum absolute atomic E-state index is 0.337. The van der Waals surface area contributed by atoms with Gasteiger partial charge >= 0.3 is 0 Å². The zero-order valence-electron chi connectivity index (χ0n) is 11.6. The molecule has 0 unspecified atom stereocenters. The number of hydrogen-bond acceptors (Lipinski definition) is 5. The van der Waals surface area contributed by atoms with Crippen LogP contribution in [0.1, 0.15) is 5.69 Å². The quantitative estimate of drug-likeness (QED) is 0.866. The van der Waals surface area contributed by atoms with Gasteiger partial charge in [0.1, 0.15) is 10.8 Å². The smallest absolute Gasteiger partial charge is 0.128 e. The van der Waals surface area contributed by atoms with Crippen molar-refractivity contribution < 1.29 is 0 Å². The normalized spacial score (nSPS) is 15.0. The maximum Gasteiger partial charge on any atom is 0.128 e. The summed E-state index contributed by atoms with van der Waals surface area (Å²) in [4.78, 5) is 13.5. The van der Waals surface area contributed by atoms with E-state index in [9.17, 15) is 0 Å². The Kier molecular flexibility index (Phi) is 3.96. The van der Waals surface area contributed by atoms with E-state index in [2.05, 4.69) is 19.8 Å². The van der Waals surface area contributed by atoms with E-state index >= 15 is 0 Å². The molecule has 1 aliphatic rings. The van der Waals surface area contributed by atoms with E-state index in [4.69, 9.17) is 18.0 Å². The average molecular weight is 299 g/mol. The molecule has 108 valence electrons. The lowest BCUT2D eigenvalue weighted by atomic mass is 10.2. The lowest BCUT2D eigenvalue weighted by molar-refractivity contribution is 0.647. The number of rotatable bonds is 3. The van der Waals surface area contributed by atoms with Crippen LogP contribution < -0.4 is 15.5 Å². The number of pyridine rings is 2. The number of hydrogen-bond donors (Lipinski definition) is 1. The number of aromatic nitrogens is 2. The number of piperazine rings is 1. The summed E-state index contributed by atoms with van der Waals surface area (Å²) in [6, 6.07) is 9.96. The van der Waals surface area contributed by atoms with E-state index in [1.165, 1.54) is 0 Å². The van der Waals surface area contributed by atoms with Crippen molar-refractivity contribution in [2.45, 2.75) is 0 Å². The summed E-state index contributed by atoms with van der Waals surface area (Å²) < 4.78 is 0. The highest BCUT2D eigenvalue weighted by Gasteiger charge is 2.18. The number of nitrogens with zero attached hydrogens (tertiary/aromatic N) is 4. The lowest BCUT2D eigenvalue weighted by Gasteiger charge is -2.36. The summed E-state index contributed by atoms with van der Waals surface area (Å²) in [6.45, 7) is 3.78. The fourth-order valence-electron chi connectivity index (χ4n) is 2.49. The highest BCUT2D eigenvalue weighted by atomic mass is 32.1. The van der Waals surface area contributed by atoms with Gasteiger partial charge in [-0.25, -0.2) is 4.98 Å². The topological polar surface area (TPSA) is 58.3 Å². The van der Waals surface area contributed by atoms with Crippen molar-refractivity contribution >= 4 is 28.7 Å². The van der Waals surface area contributed by atoms with E-state index in [0.717, 1.165) is 37.7 Å². The molecule has 1 aliphatic heterocycles. The molecule has 0 spiro atoms. The zero-order chi connectivity index (χ0) is 14.7. The van der Waals surface area contributed by atoms with Gasteiger partial charge in [0.15, 0.2) is 0 Å². The maximum absolute atomic E-state index is 5.64. The summed E-state index contributed by atoms with van der Waals surface area (Å²) in [6.07, 6.45) is 3.59. The molecule has 0 atom stereocenters. The molecule has 3 heterocycles. The van der Waals surface area contributed by atoms with Gasteiger partial charge in [-0.3, -0.25) is 4.98 Å². The standard InChI is InChI=1S/C15H17N5S/c16-15(21)13-11-12(4-6-17-13)19-7-9-20(10-8-19)14-3-1-2-5-18-14/h1-6,11H,7-10H2,(H2,16,21). The second-order valence-corrected chi connectivity index (χ2v) is 5.37. The van der Waals surface area contributed by atoms with E-state index in [1.54, 1.807) is 6.20 Å². The van der Waals surface area contributed by atoms with Crippen LogP contribution in [0.5, 0.6) is 0 Å². The van der Waals surface area contributed by atoms with Crippen LogP contribution >= 0.6 is 12.2 Å². The molecule has 2 aromatic heterocycles. The molecular weight excluding hydrogens is 282 g/mol. The van der Waals surface area contributed by atoms with E-state index in [-0.39, 0.29) is 0 Å². The molecule has 0 bridgehead atoms. The predicted octanol–water partition coefficient (Wildman–Crippen LogP) is 1.44. The molecule has 0 aromatic carbocycles. The predicted molar refractivity (Wildman–Crippen MR) is 88.8 cm³/mol. The molecule has 1 saturated heterocycles. The van der Waals surface area contributed by atoms with Crippen LogP contribution in [0, 0.1) is 0 Å². The van der Waals surface area contributed by atoms with Crippen LogP contribution in [0.2, 0.25) is 0 Å². The first-order chi connectivity index (χ1) is 10.2. The third-order valence-electron chi connectivity index (χ3n) is 3.61. The van der Waals surface area contributed by atoms with Crippen LogP contribution in [-0.4, -0.2) is 41.1 Å². The molecule has 2 N–H and O–H groups in total. The highest BCUT2D eigenvalue weighted by molar-refractivity contribution is 7.80. The fraction of sp³-hybridized carbons (Fsp3) is 0.267. The third kappa shape index (κ3) is 3.11. The molecule has 6 heteroatoms. The van der Waals surface area contributed by atoms with Crippen molar-refractivity contribution in [3.63, 3.8) is 0 Å². The van der Waals surface area contributed by atoms with Gasteiger partial charge in [0.2, 0.25) is 0 Å². The van der Waals surface area contributed by atoms with E-state index < -0.39 is 0 Å². The Morgan fingerprint density at radius 3 is 2.43 bits per heavy atom. The number of anilines is 2. The fourth-order valence-corrected chi connectivity index (χ4v) is 2.60. The number of thiocarbonyl (C=S) groups is 1. The van der Waals surface area contributed by atoms with Gasteiger partial charge in [0.05, 0.1) is 5.69 Å². The molecule has 0 saturated carbocycles. The first kappa shape index (κ1) is 13.8.